The molecule has 45 heavy (non-hydrogen) atoms. The van der Waals surface area contributed by atoms with Crippen LogP contribution in [0.1, 0.15) is 0 Å². The Morgan fingerprint density at radius 3 is 1.33 bits per heavy atom. The minimum atomic E-state index is 0.674. The lowest BCUT2D eigenvalue weighted by molar-refractivity contribution is 0.997. The van der Waals surface area contributed by atoms with Crippen molar-refractivity contribution in [2.75, 3.05) is 0 Å². The minimum absolute atomic E-state index is 0.674. The van der Waals surface area contributed by atoms with Crippen LogP contribution in [0.4, 0.5) is 0 Å². The van der Waals surface area contributed by atoms with Crippen molar-refractivity contribution >= 4 is 84.8 Å². The molecule has 0 aliphatic heterocycles. The van der Waals surface area contributed by atoms with Gasteiger partial charge in [-0.05, 0) is 42.5 Å². The van der Waals surface area contributed by atoms with Crippen molar-refractivity contribution in [1.82, 2.24) is 14.5 Å². The molecule has 4 aromatic heterocycles. The second-order valence-corrected chi connectivity index (χ2v) is 13.5. The molecule has 0 radical (unpaired) electrons. The summed E-state index contributed by atoms with van der Waals surface area (Å²) in [5, 5.41) is 7.40. The van der Waals surface area contributed by atoms with Crippen molar-refractivity contribution in [2.45, 2.75) is 0 Å². The van der Waals surface area contributed by atoms with Crippen LogP contribution in [0.15, 0.2) is 140 Å². The molecular weight excluding hydrogens is 587 g/mol. The fourth-order valence-corrected chi connectivity index (χ4v) is 9.19. The molecule has 0 fully saturated rings. The maximum Gasteiger partial charge on any atom is 0.235 e. The molecule has 3 nitrogen and oxygen atoms in total. The third-order valence-electron chi connectivity index (χ3n) is 8.85. The summed E-state index contributed by atoms with van der Waals surface area (Å²) in [6.07, 6.45) is 0. The van der Waals surface area contributed by atoms with E-state index in [1.807, 2.05) is 22.7 Å². The quantitative estimate of drug-likeness (QED) is 0.199. The van der Waals surface area contributed by atoms with E-state index in [4.69, 9.17) is 9.97 Å². The highest BCUT2D eigenvalue weighted by atomic mass is 32.1. The standard InChI is InChI=1S/C40H23N3S2/c1-5-17-32-24(11-1)25-12-2-6-18-33(25)43(32)40-41-30(26-15-9-21-36-38(26)28-13-3-7-19-34(28)44-36)23-31(42-40)27-16-10-22-37-39(27)29-14-4-8-20-35(29)45-37/h1-23H. The average Bonchev–Trinajstić information content (AvgIpc) is 3.77. The monoisotopic (exact) mass is 609 g/mol. The molecule has 0 N–H and O–H groups in total. The molecule has 210 valence electrons. The van der Waals surface area contributed by atoms with E-state index < -0.39 is 0 Å². The lowest BCUT2D eigenvalue weighted by Gasteiger charge is -2.13. The Labute approximate surface area is 266 Å². The Morgan fingerprint density at radius 2 is 0.822 bits per heavy atom. The van der Waals surface area contributed by atoms with Crippen LogP contribution >= 0.6 is 22.7 Å². The van der Waals surface area contributed by atoms with Gasteiger partial charge in [-0.15, -0.1) is 22.7 Å². The maximum atomic E-state index is 5.40. The first-order valence-electron chi connectivity index (χ1n) is 15.0. The van der Waals surface area contributed by atoms with Crippen LogP contribution in [0.5, 0.6) is 0 Å². The Kier molecular flexibility index (Phi) is 5.32. The number of rotatable bonds is 3. The summed E-state index contributed by atoms with van der Waals surface area (Å²) in [5.74, 6) is 0.674. The van der Waals surface area contributed by atoms with E-state index in [9.17, 15) is 0 Å². The highest BCUT2D eigenvalue weighted by Crippen LogP contribution is 2.43. The van der Waals surface area contributed by atoms with E-state index in [1.165, 1.54) is 51.1 Å². The highest BCUT2D eigenvalue weighted by Gasteiger charge is 2.20. The van der Waals surface area contributed by atoms with Gasteiger partial charge in [0.15, 0.2) is 0 Å². The summed E-state index contributed by atoms with van der Waals surface area (Å²) in [6, 6.07) is 49.9. The summed E-state index contributed by atoms with van der Waals surface area (Å²) < 4.78 is 7.32. The largest absolute Gasteiger partial charge is 0.278 e. The van der Waals surface area contributed by atoms with Crippen molar-refractivity contribution in [1.29, 1.82) is 0 Å². The molecule has 0 saturated heterocycles. The van der Waals surface area contributed by atoms with Crippen LogP contribution in [0.25, 0.3) is 90.6 Å². The fraction of sp³-hybridized carbons (Fsp3) is 0. The molecule has 0 spiro atoms. The average molecular weight is 610 g/mol. The van der Waals surface area contributed by atoms with Gasteiger partial charge in [-0.25, -0.2) is 9.97 Å². The third kappa shape index (κ3) is 3.69. The van der Waals surface area contributed by atoms with E-state index in [2.05, 4.69) is 144 Å². The van der Waals surface area contributed by atoms with Crippen LogP contribution in [-0.4, -0.2) is 14.5 Å². The van der Waals surface area contributed by atoms with E-state index in [-0.39, 0.29) is 0 Å². The SMILES string of the molecule is c1ccc2c(c1)sc1cccc(-c3cc(-c4cccc5sc6ccccc6c45)nc(-n4c5ccccc5c5ccccc54)n3)c12. The molecule has 0 aliphatic rings. The van der Waals surface area contributed by atoms with Crippen LogP contribution in [0.2, 0.25) is 0 Å². The number of aromatic nitrogens is 3. The first-order valence-corrected chi connectivity index (χ1v) is 16.6. The van der Waals surface area contributed by atoms with E-state index >= 15 is 0 Å². The van der Waals surface area contributed by atoms with E-state index in [0.29, 0.717) is 5.95 Å². The zero-order valence-electron chi connectivity index (χ0n) is 23.9. The normalized spacial score (nSPS) is 12.0. The highest BCUT2D eigenvalue weighted by molar-refractivity contribution is 7.26. The second kappa shape index (κ2) is 9.57. The van der Waals surface area contributed by atoms with Gasteiger partial charge in [-0.3, -0.25) is 4.57 Å². The van der Waals surface area contributed by atoms with Gasteiger partial charge in [0.2, 0.25) is 5.95 Å². The van der Waals surface area contributed by atoms with Gasteiger partial charge in [0.05, 0.1) is 22.4 Å². The molecule has 0 aliphatic carbocycles. The summed E-state index contributed by atoms with van der Waals surface area (Å²) in [6.45, 7) is 0. The van der Waals surface area contributed by atoms with Crippen molar-refractivity contribution < 1.29 is 0 Å². The molecule has 4 heterocycles. The van der Waals surface area contributed by atoms with Crippen molar-refractivity contribution in [3.05, 3.63) is 140 Å². The van der Waals surface area contributed by atoms with Crippen molar-refractivity contribution in [2.24, 2.45) is 0 Å². The number of hydrogen-bond donors (Lipinski definition) is 0. The van der Waals surface area contributed by atoms with Gasteiger partial charge < -0.3 is 0 Å². The molecule has 10 rings (SSSR count). The Morgan fingerprint density at radius 1 is 0.400 bits per heavy atom. The Hall–Kier alpha value is -5.36. The third-order valence-corrected chi connectivity index (χ3v) is 11.1. The molecule has 0 saturated carbocycles. The summed E-state index contributed by atoms with van der Waals surface area (Å²) >= 11 is 3.67. The van der Waals surface area contributed by atoms with Gasteiger partial charge in [-0.1, -0.05) is 97.1 Å². The lowest BCUT2D eigenvalue weighted by atomic mass is 10.00. The topological polar surface area (TPSA) is 30.7 Å². The van der Waals surface area contributed by atoms with Gasteiger partial charge >= 0.3 is 0 Å². The number of hydrogen-bond acceptors (Lipinski definition) is 4. The zero-order chi connectivity index (χ0) is 29.5. The summed E-state index contributed by atoms with van der Waals surface area (Å²) in [4.78, 5) is 10.8. The molecule has 6 aromatic carbocycles. The minimum Gasteiger partial charge on any atom is -0.278 e. The van der Waals surface area contributed by atoms with Crippen LogP contribution < -0.4 is 0 Å². The van der Waals surface area contributed by atoms with E-state index in [1.54, 1.807) is 0 Å². The summed E-state index contributed by atoms with van der Waals surface area (Å²) in [5.41, 5.74) is 6.28. The van der Waals surface area contributed by atoms with Crippen molar-refractivity contribution in [3.8, 4) is 28.5 Å². The maximum absolute atomic E-state index is 5.40. The first-order chi connectivity index (χ1) is 22.3. The zero-order valence-corrected chi connectivity index (χ0v) is 25.6. The van der Waals surface area contributed by atoms with Crippen LogP contribution in [0, 0.1) is 0 Å². The molecule has 0 amide bonds. The van der Waals surface area contributed by atoms with E-state index in [0.717, 1.165) is 33.5 Å². The smallest absolute Gasteiger partial charge is 0.235 e. The van der Waals surface area contributed by atoms with Gasteiger partial charge in [-0.2, -0.15) is 0 Å². The van der Waals surface area contributed by atoms with Crippen molar-refractivity contribution in [3.63, 3.8) is 0 Å². The first kappa shape index (κ1) is 25.0. The molecule has 0 bridgehead atoms. The lowest BCUT2D eigenvalue weighted by Crippen LogP contribution is -2.04. The molecule has 5 heteroatoms. The summed E-state index contributed by atoms with van der Waals surface area (Å²) in [7, 11) is 0. The molecule has 0 unspecified atom stereocenters. The number of para-hydroxylation sites is 2. The van der Waals surface area contributed by atoms with Gasteiger partial charge in [0.25, 0.3) is 0 Å². The Bertz CT molecular complexity index is 2600. The van der Waals surface area contributed by atoms with Gasteiger partial charge in [0, 0.05) is 62.2 Å². The Balaban J connectivity index is 1.34. The number of thiophene rings is 2. The second-order valence-electron chi connectivity index (χ2n) is 11.4. The fourth-order valence-electron chi connectivity index (χ4n) is 6.92. The van der Waals surface area contributed by atoms with Crippen LogP contribution in [0.3, 0.4) is 0 Å². The van der Waals surface area contributed by atoms with Gasteiger partial charge in [0.1, 0.15) is 0 Å². The number of fused-ring (bicyclic) bond motifs is 9. The molecule has 0 atom stereocenters. The number of nitrogens with zero attached hydrogens (tertiary/aromatic N) is 3. The predicted octanol–water partition coefficient (Wildman–Crippen LogP) is 11.6. The molecular formula is C40H23N3S2. The predicted molar refractivity (Wildman–Crippen MR) is 193 cm³/mol. The molecule has 10 aromatic rings. The van der Waals surface area contributed by atoms with Crippen LogP contribution in [-0.2, 0) is 0 Å². The number of benzene rings is 6.